The number of benzene rings is 2. The number of fused-ring (bicyclic) bond motifs is 1. The number of nitrogens with zero attached hydrogens (tertiary/aromatic N) is 2. The molecular weight excluding hydrogens is 446 g/mol. The van der Waals surface area contributed by atoms with Crippen molar-refractivity contribution in [3.05, 3.63) is 70.2 Å². The van der Waals surface area contributed by atoms with Crippen LogP contribution in [-0.2, 0) is 11.2 Å². The van der Waals surface area contributed by atoms with Crippen molar-refractivity contribution in [3.63, 3.8) is 0 Å². The second-order valence-corrected chi connectivity index (χ2v) is 10.4. The Bertz CT molecular complexity index is 1030. The molecule has 34 heavy (non-hydrogen) atoms. The van der Waals surface area contributed by atoms with E-state index >= 15 is 0 Å². The number of piperazine rings is 1. The first-order chi connectivity index (χ1) is 16.6. The quantitative estimate of drug-likeness (QED) is 0.666. The third kappa shape index (κ3) is 4.87. The monoisotopic (exact) mass is 479 g/mol. The zero-order valence-corrected chi connectivity index (χ0v) is 20.5. The highest BCUT2D eigenvalue weighted by Crippen LogP contribution is 2.34. The molecule has 1 saturated carbocycles. The second kappa shape index (κ2) is 10.5. The van der Waals surface area contributed by atoms with Gasteiger partial charge in [0.25, 0.3) is 5.91 Å². The van der Waals surface area contributed by atoms with Crippen LogP contribution in [0.5, 0.6) is 0 Å². The van der Waals surface area contributed by atoms with Gasteiger partial charge in [-0.05, 0) is 61.3 Å². The Hall–Kier alpha value is -2.37. The minimum absolute atomic E-state index is 0.0223. The topological polar surface area (TPSA) is 52.7 Å². The highest BCUT2D eigenvalue weighted by Gasteiger charge is 2.38. The zero-order chi connectivity index (χ0) is 23.5. The molecule has 1 saturated heterocycles. The van der Waals surface area contributed by atoms with Crippen LogP contribution in [-0.4, -0.2) is 53.8 Å². The van der Waals surface area contributed by atoms with Crippen LogP contribution in [0.2, 0.25) is 5.02 Å². The summed E-state index contributed by atoms with van der Waals surface area (Å²) in [5.41, 5.74) is 3.20. The van der Waals surface area contributed by atoms with Crippen LogP contribution in [0.25, 0.3) is 0 Å². The SMILES string of the molecule is O=C(N[C@H]1CCCc2ccccc21)[C@H](C1CCCC1)N1CCN(C(=O)c2ccccc2Cl)CC1. The highest BCUT2D eigenvalue weighted by atomic mass is 35.5. The Morgan fingerprint density at radius 3 is 2.35 bits per heavy atom. The average molecular weight is 480 g/mol. The molecule has 6 heteroatoms. The molecule has 0 bridgehead atoms. The molecule has 2 fully saturated rings. The summed E-state index contributed by atoms with van der Waals surface area (Å²) in [7, 11) is 0. The first-order valence-electron chi connectivity index (χ1n) is 12.8. The molecule has 0 spiro atoms. The molecule has 0 unspecified atom stereocenters. The summed E-state index contributed by atoms with van der Waals surface area (Å²) in [6, 6.07) is 15.7. The maximum atomic E-state index is 13.7. The largest absolute Gasteiger partial charge is 0.348 e. The van der Waals surface area contributed by atoms with Gasteiger partial charge in [0.2, 0.25) is 5.91 Å². The summed E-state index contributed by atoms with van der Waals surface area (Å²) in [6.07, 6.45) is 7.82. The molecule has 1 aliphatic heterocycles. The summed E-state index contributed by atoms with van der Waals surface area (Å²) < 4.78 is 0. The molecule has 2 aromatic carbocycles. The van der Waals surface area contributed by atoms with Crippen molar-refractivity contribution >= 4 is 23.4 Å². The van der Waals surface area contributed by atoms with E-state index in [2.05, 4.69) is 34.5 Å². The summed E-state index contributed by atoms with van der Waals surface area (Å²) in [5.74, 6) is 0.537. The van der Waals surface area contributed by atoms with Crippen molar-refractivity contribution in [2.24, 2.45) is 5.92 Å². The van der Waals surface area contributed by atoms with E-state index in [0.29, 0.717) is 42.7 Å². The molecule has 1 N–H and O–H groups in total. The molecule has 3 aliphatic rings. The van der Waals surface area contributed by atoms with Crippen LogP contribution >= 0.6 is 11.6 Å². The van der Waals surface area contributed by atoms with Crippen molar-refractivity contribution in [3.8, 4) is 0 Å². The number of hydrogen-bond acceptors (Lipinski definition) is 3. The Labute approximate surface area is 207 Å². The Kier molecular flexibility index (Phi) is 7.21. The maximum absolute atomic E-state index is 13.7. The molecule has 2 aliphatic carbocycles. The molecular formula is C28H34ClN3O2. The lowest BCUT2D eigenvalue weighted by Crippen LogP contribution is -2.58. The minimum atomic E-state index is -0.117. The van der Waals surface area contributed by atoms with Crippen LogP contribution in [0.3, 0.4) is 0 Å². The molecule has 2 atom stereocenters. The van der Waals surface area contributed by atoms with Gasteiger partial charge < -0.3 is 10.2 Å². The van der Waals surface area contributed by atoms with Crippen molar-refractivity contribution in [2.75, 3.05) is 26.2 Å². The normalized spacial score (nSPS) is 22.3. The lowest BCUT2D eigenvalue weighted by Gasteiger charge is -2.41. The Morgan fingerprint density at radius 2 is 1.59 bits per heavy atom. The Morgan fingerprint density at radius 1 is 0.882 bits per heavy atom. The number of hydrogen-bond donors (Lipinski definition) is 1. The van der Waals surface area contributed by atoms with Gasteiger partial charge in [-0.2, -0.15) is 0 Å². The molecule has 1 heterocycles. The number of halogens is 1. The van der Waals surface area contributed by atoms with E-state index in [9.17, 15) is 9.59 Å². The van der Waals surface area contributed by atoms with E-state index in [1.807, 2.05) is 17.0 Å². The second-order valence-electron chi connectivity index (χ2n) is 9.95. The average Bonchev–Trinajstić information content (AvgIpc) is 3.39. The van der Waals surface area contributed by atoms with Crippen molar-refractivity contribution < 1.29 is 9.59 Å². The van der Waals surface area contributed by atoms with Crippen LogP contribution in [0.4, 0.5) is 0 Å². The van der Waals surface area contributed by atoms with E-state index < -0.39 is 0 Å². The van der Waals surface area contributed by atoms with E-state index in [0.717, 1.165) is 32.1 Å². The van der Waals surface area contributed by atoms with Crippen molar-refractivity contribution in [1.82, 2.24) is 15.1 Å². The number of amides is 2. The van der Waals surface area contributed by atoms with Gasteiger partial charge in [0.05, 0.1) is 22.7 Å². The van der Waals surface area contributed by atoms with Crippen LogP contribution in [0, 0.1) is 5.92 Å². The summed E-state index contributed by atoms with van der Waals surface area (Å²) in [5, 5.41) is 3.93. The minimum Gasteiger partial charge on any atom is -0.348 e. The van der Waals surface area contributed by atoms with Gasteiger partial charge in [-0.25, -0.2) is 0 Å². The van der Waals surface area contributed by atoms with Gasteiger partial charge in [-0.3, -0.25) is 14.5 Å². The number of rotatable bonds is 5. The van der Waals surface area contributed by atoms with Crippen molar-refractivity contribution in [2.45, 2.75) is 57.0 Å². The number of nitrogens with one attached hydrogen (secondary N) is 1. The van der Waals surface area contributed by atoms with Gasteiger partial charge in [0.1, 0.15) is 0 Å². The van der Waals surface area contributed by atoms with Gasteiger partial charge in [-0.1, -0.05) is 60.8 Å². The predicted molar refractivity (Wildman–Crippen MR) is 135 cm³/mol. The predicted octanol–water partition coefficient (Wildman–Crippen LogP) is 4.85. The smallest absolute Gasteiger partial charge is 0.255 e. The van der Waals surface area contributed by atoms with Crippen LogP contribution in [0.15, 0.2) is 48.5 Å². The molecule has 0 radical (unpaired) electrons. The molecule has 2 aromatic rings. The Balaban J connectivity index is 1.27. The lowest BCUT2D eigenvalue weighted by atomic mass is 9.87. The highest BCUT2D eigenvalue weighted by molar-refractivity contribution is 6.33. The molecule has 0 aromatic heterocycles. The summed E-state index contributed by atoms with van der Waals surface area (Å²) >= 11 is 6.26. The van der Waals surface area contributed by atoms with Gasteiger partial charge >= 0.3 is 0 Å². The molecule has 5 nitrogen and oxygen atoms in total. The maximum Gasteiger partial charge on any atom is 0.255 e. The third-order valence-electron chi connectivity index (χ3n) is 7.90. The van der Waals surface area contributed by atoms with Gasteiger partial charge in [0, 0.05) is 26.2 Å². The van der Waals surface area contributed by atoms with Gasteiger partial charge in [-0.15, -0.1) is 0 Å². The first kappa shape index (κ1) is 23.4. The third-order valence-corrected chi connectivity index (χ3v) is 8.23. The fourth-order valence-corrected chi connectivity index (χ4v) is 6.34. The van der Waals surface area contributed by atoms with Crippen molar-refractivity contribution in [1.29, 1.82) is 0 Å². The number of carbonyl (C=O) groups excluding carboxylic acids is 2. The first-order valence-corrected chi connectivity index (χ1v) is 13.2. The fraction of sp³-hybridized carbons (Fsp3) is 0.500. The summed E-state index contributed by atoms with van der Waals surface area (Å²) in [6.45, 7) is 2.66. The summed E-state index contributed by atoms with van der Waals surface area (Å²) in [4.78, 5) is 31.0. The van der Waals surface area contributed by atoms with E-state index in [1.165, 1.54) is 24.0 Å². The zero-order valence-electron chi connectivity index (χ0n) is 19.7. The molecule has 180 valence electrons. The molecule has 5 rings (SSSR count). The van der Waals surface area contributed by atoms with E-state index in [4.69, 9.17) is 11.6 Å². The standard InChI is InChI=1S/C28H34ClN3O2/c29-24-14-6-5-13-23(24)28(34)32-18-16-31(17-19-32)26(21-9-1-2-10-21)27(33)30-25-15-7-11-20-8-3-4-12-22(20)25/h3-6,8,12-14,21,25-26H,1-2,7,9-11,15-19H2,(H,30,33)/t25-,26-/m0/s1. The van der Waals surface area contributed by atoms with Crippen LogP contribution in [0.1, 0.15) is 66.1 Å². The fourth-order valence-electron chi connectivity index (χ4n) is 6.12. The van der Waals surface area contributed by atoms with Gasteiger partial charge in [0.15, 0.2) is 0 Å². The number of aryl methyl sites for hydroxylation is 1. The number of carbonyl (C=O) groups is 2. The van der Waals surface area contributed by atoms with E-state index in [-0.39, 0.29) is 23.9 Å². The molecule has 2 amide bonds. The lowest BCUT2D eigenvalue weighted by molar-refractivity contribution is -0.130. The van der Waals surface area contributed by atoms with Crippen LogP contribution < -0.4 is 5.32 Å². The van der Waals surface area contributed by atoms with E-state index in [1.54, 1.807) is 12.1 Å².